The van der Waals surface area contributed by atoms with Gasteiger partial charge in [0, 0.05) is 31.1 Å². The number of fused-ring (bicyclic) bond motifs is 1. The number of hydrogen-bond donors (Lipinski definition) is 3. The summed E-state index contributed by atoms with van der Waals surface area (Å²) in [5.74, 6) is -0.966. The minimum absolute atomic E-state index is 0.0996. The third kappa shape index (κ3) is 6.04. The number of hydrogen-bond acceptors (Lipinski definition) is 7. The van der Waals surface area contributed by atoms with E-state index in [4.69, 9.17) is 4.74 Å². The molecule has 10 nitrogen and oxygen atoms in total. The lowest BCUT2D eigenvalue weighted by molar-refractivity contribution is -0.119. The molecule has 10 heteroatoms. The summed E-state index contributed by atoms with van der Waals surface area (Å²) >= 11 is 0. The van der Waals surface area contributed by atoms with Gasteiger partial charge in [-0.25, -0.2) is 4.79 Å². The second-order valence-corrected chi connectivity index (χ2v) is 8.20. The number of anilines is 2. The Kier molecular flexibility index (Phi) is 7.87. The molecule has 0 saturated heterocycles. The molecule has 184 valence electrons. The molecule has 0 aliphatic rings. The largest absolute Gasteiger partial charge is 0.494 e. The van der Waals surface area contributed by atoms with E-state index >= 15 is 0 Å². The smallest absolute Gasteiger partial charge is 0.338 e. The molecule has 0 radical (unpaired) electrons. The molecule has 0 unspecified atom stereocenters. The van der Waals surface area contributed by atoms with Crippen molar-refractivity contribution in [2.45, 2.75) is 13.8 Å². The molecule has 2 amide bonds. The lowest BCUT2D eigenvalue weighted by atomic mass is 10.1. The van der Waals surface area contributed by atoms with Crippen molar-refractivity contribution >= 4 is 52.0 Å². The number of benzene rings is 2. The molecule has 0 fully saturated rings. The first-order chi connectivity index (χ1) is 16.6. The molecule has 3 rings (SSSR count). The zero-order chi connectivity index (χ0) is 25.7. The lowest BCUT2D eigenvalue weighted by Crippen LogP contribution is -2.35. The van der Waals surface area contributed by atoms with E-state index in [0.29, 0.717) is 39.1 Å². The maximum Gasteiger partial charge on any atom is 0.338 e. The Morgan fingerprint density at radius 2 is 1.89 bits per heavy atom. The summed E-state index contributed by atoms with van der Waals surface area (Å²) in [6.45, 7) is 3.60. The average molecular weight is 480 g/mol. The van der Waals surface area contributed by atoms with Gasteiger partial charge in [0.1, 0.15) is 0 Å². The van der Waals surface area contributed by atoms with Crippen molar-refractivity contribution in [1.29, 1.82) is 0 Å². The third-order valence-corrected chi connectivity index (χ3v) is 5.15. The van der Waals surface area contributed by atoms with E-state index < -0.39 is 5.97 Å². The van der Waals surface area contributed by atoms with Crippen molar-refractivity contribution < 1.29 is 24.2 Å². The van der Waals surface area contributed by atoms with Crippen LogP contribution in [0.15, 0.2) is 41.4 Å². The quantitative estimate of drug-likeness (QED) is 0.336. The summed E-state index contributed by atoms with van der Waals surface area (Å²) in [6.07, 6.45) is 1.49. The predicted octanol–water partition coefficient (Wildman–Crippen LogP) is 3.28. The predicted molar refractivity (Wildman–Crippen MR) is 136 cm³/mol. The van der Waals surface area contributed by atoms with Crippen LogP contribution in [0.1, 0.15) is 29.8 Å². The summed E-state index contributed by atoms with van der Waals surface area (Å²) in [6, 6.07) is 9.99. The molecule has 0 aliphatic heterocycles. The number of aliphatic imine (C=N–C) groups is 1. The van der Waals surface area contributed by atoms with Crippen molar-refractivity contribution in [2.75, 3.05) is 44.5 Å². The van der Waals surface area contributed by atoms with Gasteiger partial charge >= 0.3 is 5.97 Å². The van der Waals surface area contributed by atoms with Gasteiger partial charge in [0.25, 0.3) is 0 Å². The van der Waals surface area contributed by atoms with Crippen LogP contribution in [0.4, 0.5) is 17.1 Å². The number of aromatic hydroxyl groups is 1. The van der Waals surface area contributed by atoms with Crippen LogP contribution < -0.4 is 10.2 Å². The van der Waals surface area contributed by atoms with Gasteiger partial charge in [-0.05, 0) is 51.4 Å². The number of aromatic amines is 1. The first kappa shape index (κ1) is 25.4. The van der Waals surface area contributed by atoms with E-state index in [1.165, 1.54) is 18.0 Å². The highest BCUT2D eigenvalue weighted by molar-refractivity contribution is 6.05. The van der Waals surface area contributed by atoms with Crippen LogP contribution in [-0.2, 0) is 14.3 Å². The maximum atomic E-state index is 12.5. The molecule has 1 aromatic heterocycles. The van der Waals surface area contributed by atoms with Crippen LogP contribution in [0.5, 0.6) is 5.88 Å². The topological polar surface area (TPSA) is 127 Å². The Morgan fingerprint density at radius 3 is 2.54 bits per heavy atom. The Hall–Kier alpha value is -4.18. The molecule has 2 aromatic carbocycles. The van der Waals surface area contributed by atoms with Crippen molar-refractivity contribution in [3.05, 3.63) is 47.5 Å². The second kappa shape index (κ2) is 10.8. The van der Waals surface area contributed by atoms with Gasteiger partial charge in [-0.2, -0.15) is 0 Å². The number of ether oxygens (including phenoxy) is 1. The molecule has 1 heterocycles. The fraction of sp³-hybridized carbons (Fsp3) is 0.280. The number of esters is 1. The Morgan fingerprint density at radius 1 is 1.14 bits per heavy atom. The van der Waals surface area contributed by atoms with Gasteiger partial charge in [0.2, 0.25) is 11.8 Å². The first-order valence-corrected chi connectivity index (χ1v) is 11.0. The van der Waals surface area contributed by atoms with Gasteiger partial charge < -0.3 is 29.9 Å². The summed E-state index contributed by atoms with van der Waals surface area (Å²) in [5.41, 5.74) is 2.84. The van der Waals surface area contributed by atoms with Gasteiger partial charge in [0.05, 0.1) is 41.3 Å². The summed E-state index contributed by atoms with van der Waals surface area (Å²) in [7, 11) is 5.25. The van der Waals surface area contributed by atoms with Crippen molar-refractivity contribution in [2.24, 2.45) is 4.99 Å². The number of nitrogens with one attached hydrogen (secondary N) is 2. The number of H-pyrrole nitrogens is 1. The van der Waals surface area contributed by atoms with Crippen LogP contribution in [0.2, 0.25) is 0 Å². The van der Waals surface area contributed by atoms with E-state index in [9.17, 15) is 19.5 Å². The lowest BCUT2D eigenvalue weighted by Gasteiger charge is -2.22. The minimum Gasteiger partial charge on any atom is -0.494 e. The Labute approximate surface area is 203 Å². The molecule has 0 saturated carbocycles. The molecule has 3 aromatic rings. The molecule has 0 aliphatic carbocycles. The fourth-order valence-corrected chi connectivity index (χ4v) is 3.51. The third-order valence-electron chi connectivity index (χ3n) is 5.15. The first-order valence-electron chi connectivity index (χ1n) is 11.0. The van der Waals surface area contributed by atoms with Gasteiger partial charge in [0.15, 0.2) is 5.88 Å². The number of amides is 2. The summed E-state index contributed by atoms with van der Waals surface area (Å²) in [4.78, 5) is 46.8. The maximum absolute atomic E-state index is 12.5. The highest BCUT2D eigenvalue weighted by Crippen LogP contribution is 2.31. The van der Waals surface area contributed by atoms with Crippen LogP contribution in [0.25, 0.3) is 10.9 Å². The molecular formula is C25H29N5O5. The van der Waals surface area contributed by atoms with Crippen molar-refractivity contribution in [3.63, 3.8) is 0 Å². The number of likely N-dealkylation sites (N-methyl/N-ethyl adjacent to an activating group) is 2. The molecule has 35 heavy (non-hydrogen) atoms. The number of nitrogens with zero attached hydrogens (tertiary/aromatic N) is 3. The number of carbonyl (C=O) groups is 3. The van der Waals surface area contributed by atoms with Gasteiger partial charge in [-0.3, -0.25) is 14.6 Å². The SMILES string of the molecule is CCOC(=O)c1ccc2c(C=Nc3ccc(N(C)C(=O)CN(C)C)c(NC(C)=O)c3)c(O)[nH]c2c1. The average Bonchev–Trinajstić information content (AvgIpc) is 3.10. The highest BCUT2D eigenvalue weighted by Gasteiger charge is 2.17. The second-order valence-electron chi connectivity index (χ2n) is 8.20. The van der Waals surface area contributed by atoms with Crippen LogP contribution in [-0.4, -0.2) is 73.3 Å². The van der Waals surface area contributed by atoms with E-state index in [1.807, 2.05) is 0 Å². The van der Waals surface area contributed by atoms with Gasteiger partial charge in [-0.15, -0.1) is 0 Å². The summed E-state index contributed by atoms with van der Waals surface area (Å²) in [5, 5.41) is 13.8. The van der Waals surface area contributed by atoms with Crippen LogP contribution in [0, 0.1) is 0 Å². The number of carbonyl (C=O) groups excluding carboxylic acids is 3. The number of rotatable bonds is 8. The molecule has 0 bridgehead atoms. The molecule has 3 N–H and O–H groups in total. The van der Waals surface area contributed by atoms with Crippen LogP contribution >= 0.6 is 0 Å². The summed E-state index contributed by atoms with van der Waals surface area (Å²) < 4.78 is 5.02. The normalized spacial score (nSPS) is 11.3. The van der Waals surface area contributed by atoms with E-state index in [2.05, 4.69) is 15.3 Å². The Bertz CT molecular complexity index is 1290. The molecule has 0 atom stereocenters. The monoisotopic (exact) mass is 479 g/mol. The standard InChI is InChI=1S/C25H29N5O5/c1-6-35-25(34)16-7-9-18-19(24(33)28-20(18)11-16)13-26-17-8-10-22(21(12-17)27-15(2)31)30(5)23(32)14-29(3)4/h7-13,28,33H,6,14H2,1-5H3,(H,27,31). The van der Waals surface area contributed by atoms with Crippen molar-refractivity contribution in [3.8, 4) is 5.88 Å². The van der Waals surface area contributed by atoms with E-state index in [0.717, 1.165) is 0 Å². The zero-order valence-corrected chi connectivity index (χ0v) is 20.4. The molecule has 0 spiro atoms. The fourth-order valence-electron chi connectivity index (χ4n) is 3.51. The zero-order valence-electron chi connectivity index (χ0n) is 20.4. The van der Waals surface area contributed by atoms with Crippen LogP contribution in [0.3, 0.4) is 0 Å². The number of aromatic nitrogens is 1. The Balaban J connectivity index is 1.93. The van der Waals surface area contributed by atoms with E-state index in [1.54, 1.807) is 69.4 Å². The molecular weight excluding hydrogens is 450 g/mol. The highest BCUT2D eigenvalue weighted by atomic mass is 16.5. The van der Waals surface area contributed by atoms with E-state index in [-0.39, 0.29) is 30.8 Å². The van der Waals surface area contributed by atoms with Crippen molar-refractivity contribution in [1.82, 2.24) is 9.88 Å². The van der Waals surface area contributed by atoms with Gasteiger partial charge in [-0.1, -0.05) is 6.07 Å². The minimum atomic E-state index is -0.446.